The van der Waals surface area contributed by atoms with Crippen molar-refractivity contribution in [2.45, 2.75) is 25.8 Å². The van der Waals surface area contributed by atoms with Crippen LogP contribution in [0.2, 0.25) is 0 Å². The average molecular weight is 280 g/mol. The zero-order valence-corrected chi connectivity index (χ0v) is 12.4. The molecule has 2 aromatic carbocycles. The van der Waals surface area contributed by atoms with Crippen molar-refractivity contribution in [3.63, 3.8) is 0 Å². The van der Waals surface area contributed by atoms with E-state index < -0.39 is 0 Å². The smallest absolute Gasteiger partial charge is 0.251 e. The van der Waals surface area contributed by atoms with Crippen molar-refractivity contribution in [3.8, 4) is 0 Å². The van der Waals surface area contributed by atoms with Crippen LogP contribution in [0.4, 0.5) is 5.69 Å². The van der Waals surface area contributed by atoms with Gasteiger partial charge in [0.2, 0.25) is 0 Å². The van der Waals surface area contributed by atoms with Crippen LogP contribution in [-0.2, 0) is 6.42 Å². The molecule has 0 saturated carbocycles. The second-order valence-electron chi connectivity index (χ2n) is 5.49. The van der Waals surface area contributed by atoms with E-state index >= 15 is 0 Å². The van der Waals surface area contributed by atoms with E-state index in [9.17, 15) is 4.79 Å². The van der Waals surface area contributed by atoms with E-state index in [4.69, 9.17) is 0 Å². The molecule has 2 aromatic rings. The summed E-state index contributed by atoms with van der Waals surface area (Å²) in [5.74, 6) is -0.0389. The molecule has 0 fully saturated rings. The van der Waals surface area contributed by atoms with Gasteiger partial charge in [0.15, 0.2) is 0 Å². The number of aryl methyl sites for hydroxylation is 1. The Balaban J connectivity index is 1.88. The predicted octanol–water partition coefficient (Wildman–Crippen LogP) is 3.45. The lowest BCUT2D eigenvalue weighted by atomic mass is 10.0. The first-order chi connectivity index (χ1) is 10.2. The fraction of sp³-hybridized carbons (Fsp3) is 0.278. The summed E-state index contributed by atoms with van der Waals surface area (Å²) in [6, 6.07) is 14.7. The Kier molecular flexibility index (Phi) is 3.65. The lowest BCUT2D eigenvalue weighted by molar-refractivity contribution is 0.0962. The van der Waals surface area contributed by atoms with Crippen molar-refractivity contribution < 1.29 is 4.79 Å². The molecule has 0 radical (unpaired) electrons. The highest BCUT2D eigenvalue weighted by atomic mass is 16.1. The molecule has 0 saturated heterocycles. The van der Waals surface area contributed by atoms with Crippen LogP contribution in [-0.4, -0.2) is 13.0 Å². The van der Waals surface area contributed by atoms with Crippen LogP contribution in [0, 0.1) is 6.92 Å². The molecular weight excluding hydrogens is 260 g/mol. The van der Waals surface area contributed by atoms with Crippen molar-refractivity contribution >= 4 is 11.6 Å². The van der Waals surface area contributed by atoms with Gasteiger partial charge in [-0.2, -0.15) is 0 Å². The summed E-state index contributed by atoms with van der Waals surface area (Å²) in [6.07, 6.45) is 2.21. The van der Waals surface area contributed by atoms with E-state index in [0.29, 0.717) is 6.04 Å². The summed E-state index contributed by atoms with van der Waals surface area (Å²) in [5.41, 5.74) is 5.57. The molecule has 3 rings (SSSR count). The monoisotopic (exact) mass is 280 g/mol. The first-order valence-corrected chi connectivity index (χ1v) is 7.36. The van der Waals surface area contributed by atoms with E-state index in [1.807, 2.05) is 25.1 Å². The molecule has 1 aliphatic rings. The number of carbonyl (C=O) groups excluding carboxylic acids is 1. The number of anilines is 1. The Labute approximate surface area is 125 Å². The fourth-order valence-corrected chi connectivity index (χ4v) is 3.07. The molecule has 0 bridgehead atoms. The number of fused-ring (bicyclic) bond motifs is 1. The van der Waals surface area contributed by atoms with E-state index in [2.05, 4.69) is 34.9 Å². The maximum absolute atomic E-state index is 11.9. The fourth-order valence-electron chi connectivity index (χ4n) is 3.07. The molecule has 3 nitrogen and oxygen atoms in total. The normalized spacial score (nSPS) is 16.4. The standard InChI is InChI=1S/C18H20N2O/c1-12-14(18(21)19-2)8-5-9-16(12)20-17-11-10-13-6-3-4-7-15(13)17/h3-9,17,20H,10-11H2,1-2H3,(H,19,21). The Morgan fingerprint density at radius 2 is 1.95 bits per heavy atom. The van der Waals surface area contributed by atoms with Crippen molar-refractivity contribution in [2.24, 2.45) is 0 Å². The predicted molar refractivity (Wildman–Crippen MR) is 85.7 cm³/mol. The van der Waals surface area contributed by atoms with E-state index in [-0.39, 0.29) is 5.91 Å². The molecular formula is C18H20N2O. The highest BCUT2D eigenvalue weighted by molar-refractivity contribution is 5.96. The van der Waals surface area contributed by atoms with Gasteiger partial charge in [0, 0.05) is 18.3 Å². The number of hydrogen-bond donors (Lipinski definition) is 2. The summed E-state index contributed by atoms with van der Waals surface area (Å²) < 4.78 is 0. The topological polar surface area (TPSA) is 41.1 Å². The van der Waals surface area contributed by atoms with Crippen molar-refractivity contribution in [3.05, 3.63) is 64.7 Å². The molecule has 0 aromatic heterocycles. The van der Waals surface area contributed by atoms with Gasteiger partial charge in [-0.05, 0) is 48.6 Å². The lowest BCUT2D eigenvalue weighted by Crippen LogP contribution is -2.19. The Bertz CT molecular complexity index is 679. The summed E-state index contributed by atoms with van der Waals surface area (Å²) in [7, 11) is 1.66. The maximum atomic E-state index is 11.9. The molecule has 3 heteroatoms. The van der Waals surface area contributed by atoms with Gasteiger partial charge in [0.05, 0.1) is 6.04 Å². The minimum Gasteiger partial charge on any atom is -0.378 e. The highest BCUT2D eigenvalue weighted by Gasteiger charge is 2.22. The third-order valence-corrected chi connectivity index (χ3v) is 4.27. The molecule has 2 N–H and O–H groups in total. The molecule has 21 heavy (non-hydrogen) atoms. The molecule has 0 heterocycles. The summed E-state index contributed by atoms with van der Waals surface area (Å²) >= 11 is 0. The Morgan fingerprint density at radius 3 is 2.76 bits per heavy atom. The zero-order chi connectivity index (χ0) is 14.8. The molecule has 1 unspecified atom stereocenters. The molecule has 0 spiro atoms. The summed E-state index contributed by atoms with van der Waals surface area (Å²) in [6.45, 7) is 1.99. The first kappa shape index (κ1) is 13.7. The van der Waals surface area contributed by atoms with Crippen molar-refractivity contribution in [1.82, 2.24) is 5.32 Å². The van der Waals surface area contributed by atoms with Crippen LogP contribution in [0.5, 0.6) is 0 Å². The molecule has 0 aliphatic heterocycles. The SMILES string of the molecule is CNC(=O)c1cccc(NC2CCc3ccccc32)c1C. The number of amides is 1. The second-order valence-corrected chi connectivity index (χ2v) is 5.49. The Hall–Kier alpha value is -2.29. The van der Waals surface area contributed by atoms with Crippen molar-refractivity contribution in [1.29, 1.82) is 0 Å². The van der Waals surface area contributed by atoms with Gasteiger partial charge in [-0.1, -0.05) is 30.3 Å². The van der Waals surface area contributed by atoms with Gasteiger partial charge in [0.25, 0.3) is 5.91 Å². The number of nitrogens with one attached hydrogen (secondary N) is 2. The highest BCUT2D eigenvalue weighted by Crippen LogP contribution is 2.34. The van der Waals surface area contributed by atoms with Crippen LogP contribution in [0.15, 0.2) is 42.5 Å². The Morgan fingerprint density at radius 1 is 1.14 bits per heavy atom. The van der Waals surface area contributed by atoms with Gasteiger partial charge in [-0.3, -0.25) is 4.79 Å². The number of benzene rings is 2. The van der Waals surface area contributed by atoms with Crippen LogP contribution in [0.3, 0.4) is 0 Å². The third-order valence-electron chi connectivity index (χ3n) is 4.27. The van der Waals surface area contributed by atoms with Gasteiger partial charge >= 0.3 is 0 Å². The minimum absolute atomic E-state index is 0.0389. The zero-order valence-electron chi connectivity index (χ0n) is 12.4. The van der Waals surface area contributed by atoms with E-state index in [0.717, 1.165) is 29.7 Å². The number of carbonyl (C=O) groups is 1. The molecule has 108 valence electrons. The third kappa shape index (κ3) is 2.51. The van der Waals surface area contributed by atoms with Crippen LogP contribution in [0.25, 0.3) is 0 Å². The van der Waals surface area contributed by atoms with E-state index in [1.165, 1.54) is 11.1 Å². The van der Waals surface area contributed by atoms with Gasteiger partial charge < -0.3 is 10.6 Å². The largest absolute Gasteiger partial charge is 0.378 e. The first-order valence-electron chi connectivity index (χ1n) is 7.36. The summed E-state index contributed by atoms with van der Waals surface area (Å²) in [5, 5.41) is 6.30. The lowest BCUT2D eigenvalue weighted by Gasteiger charge is -2.18. The van der Waals surface area contributed by atoms with E-state index in [1.54, 1.807) is 7.05 Å². The maximum Gasteiger partial charge on any atom is 0.251 e. The number of hydrogen-bond acceptors (Lipinski definition) is 2. The minimum atomic E-state index is -0.0389. The van der Waals surface area contributed by atoms with Gasteiger partial charge in [0.1, 0.15) is 0 Å². The van der Waals surface area contributed by atoms with Crippen molar-refractivity contribution in [2.75, 3.05) is 12.4 Å². The van der Waals surface area contributed by atoms with Gasteiger partial charge in [-0.15, -0.1) is 0 Å². The quantitative estimate of drug-likeness (QED) is 0.904. The van der Waals surface area contributed by atoms with Gasteiger partial charge in [-0.25, -0.2) is 0 Å². The summed E-state index contributed by atoms with van der Waals surface area (Å²) in [4.78, 5) is 11.9. The molecule has 1 amide bonds. The van der Waals surface area contributed by atoms with Crippen LogP contribution >= 0.6 is 0 Å². The second kappa shape index (κ2) is 5.60. The molecule has 1 aliphatic carbocycles. The molecule has 1 atom stereocenters. The average Bonchev–Trinajstić information content (AvgIpc) is 2.92. The number of rotatable bonds is 3. The van der Waals surface area contributed by atoms with Crippen LogP contribution < -0.4 is 10.6 Å². The van der Waals surface area contributed by atoms with Crippen LogP contribution in [0.1, 0.15) is 39.5 Å².